The van der Waals surface area contributed by atoms with Gasteiger partial charge in [0.1, 0.15) is 0 Å². The van der Waals surface area contributed by atoms with Crippen molar-refractivity contribution in [1.29, 1.82) is 0 Å². The zero-order valence-corrected chi connectivity index (χ0v) is 7.99. The van der Waals surface area contributed by atoms with Crippen LogP contribution in [0, 0.1) is 0 Å². The summed E-state index contributed by atoms with van der Waals surface area (Å²) < 4.78 is 0. The molecule has 0 aliphatic rings. The quantitative estimate of drug-likeness (QED) is 0.555. The zero-order chi connectivity index (χ0) is 6.53. The van der Waals surface area contributed by atoms with Crippen molar-refractivity contribution in [3.8, 4) is 0 Å². The fourth-order valence-electron chi connectivity index (χ4n) is 0.530. The van der Waals surface area contributed by atoms with E-state index in [9.17, 15) is 0 Å². The normalized spacial score (nSPS) is 11.2. The van der Waals surface area contributed by atoms with Crippen LogP contribution < -0.4 is 5.30 Å². The molecule has 1 rings (SSSR count). The average Bonchev–Trinajstić information content (AvgIpc) is 1.91. The fourth-order valence-corrected chi connectivity index (χ4v) is 3.55. The van der Waals surface area contributed by atoms with Gasteiger partial charge in [-0.05, 0) is 0 Å². The van der Waals surface area contributed by atoms with Crippen LogP contribution in [-0.2, 0) is 15.7 Å². The molecular weight excluding hydrogens is 241 g/mol. The summed E-state index contributed by atoms with van der Waals surface area (Å²) in [6.07, 6.45) is 0. The SMILES string of the molecule is [Cl][Rh][PH]c1ccccc1. The van der Waals surface area contributed by atoms with Crippen molar-refractivity contribution in [1.82, 2.24) is 0 Å². The van der Waals surface area contributed by atoms with Gasteiger partial charge in [-0.1, -0.05) is 0 Å². The van der Waals surface area contributed by atoms with E-state index in [2.05, 4.69) is 12.1 Å². The molecule has 0 nitrogen and oxygen atoms in total. The van der Waals surface area contributed by atoms with Crippen molar-refractivity contribution in [3.63, 3.8) is 0 Å². The molecule has 1 unspecified atom stereocenters. The van der Waals surface area contributed by atoms with Crippen molar-refractivity contribution >= 4 is 21.9 Å². The monoisotopic (exact) mass is 247 g/mol. The number of hydrogen-bond acceptors (Lipinski definition) is 0. The second-order valence-electron chi connectivity index (χ2n) is 1.51. The van der Waals surface area contributed by atoms with Gasteiger partial charge in [0, 0.05) is 0 Å². The molecule has 0 aromatic heterocycles. The maximum atomic E-state index is 5.62. The molecule has 9 heavy (non-hydrogen) atoms. The number of halogens is 1. The van der Waals surface area contributed by atoms with E-state index in [0.29, 0.717) is 0 Å². The first-order chi connectivity index (χ1) is 4.43. The molecule has 1 aromatic carbocycles. The Balaban J connectivity index is 2.61. The summed E-state index contributed by atoms with van der Waals surface area (Å²) in [5.41, 5.74) is 0. The molecule has 0 N–H and O–H groups in total. The van der Waals surface area contributed by atoms with Gasteiger partial charge in [-0.25, -0.2) is 0 Å². The molecule has 0 radical (unpaired) electrons. The van der Waals surface area contributed by atoms with Gasteiger partial charge in [0.15, 0.2) is 0 Å². The zero-order valence-electron chi connectivity index (χ0n) is 4.60. The molecule has 0 saturated carbocycles. The number of benzene rings is 1. The van der Waals surface area contributed by atoms with E-state index in [1.807, 2.05) is 18.2 Å². The van der Waals surface area contributed by atoms with E-state index in [-0.39, 0.29) is 15.7 Å². The standard InChI is InChI=1S/C6H6P.ClH.Rh/c7-6-4-2-1-3-5-6;;/h1-5,7H;1H;/q-1;;+2/p-1. The molecular formula is C6H6ClPRh. The van der Waals surface area contributed by atoms with Gasteiger partial charge in [-0.3, -0.25) is 0 Å². The Morgan fingerprint density at radius 3 is 2.44 bits per heavy atom. The third kappa shape index (κ3) is 2.76. The Hall–Kier alpha value is 0.563. The Kier molecular flexibility index (Phi) is 3.74. The molecule has 1 aromatic rings. The van der Waals surface area contributed by atoms with Crippen LogP contribution >= 0.6 is 16.6 Å². The van der Waals surface area contributed by atoms with E-state index in [0.717, 1.165) is 6.91 Å². The van der Waals surface area contributed by atoms with Crippen LogP contribution in [0.5, 0.6) is 0 Å². The summed E-state index contributed by atoms with van der Waals surface area (Å²) in [6.45, 7) is 0.823. The summed E-state index contributed by atoms with van der Waals surface area (Å²) in [6, 6.07) is 10.4. The molecule has 0 amide bonds. The Labute approximate surface area is 67.9 Å². The summed E-state index contributed by atoms with van der Waals surface area (Å²) in [5, 5.41) is 1.37. The molecule has 0 aliphatic heterocycles. The van der Waals surface area contributed by atoms with Gasteiger partial charge in [-0.2, -0.15) is 0 Å². The van der Waals surface area contributed by atoms with Gasteiger partial charge in [-0.15, -0.1) is 0 Å². The van der Waals surface area contributed by atoms with Crippen molar-refractivity contribution < 1.29 is 15.7 Å². The average molecular weight is 247 g/mol. The first kappa shape index (κ1) is 7.67. The van der Waals surface area contributed by atoms with Crippen molar-refractivity contribution in [3.05, 3.63) is 30.3 Å². The maximum absolute atomic E-state index is 5.62. The molecule has 0 heterocycles. The Bertz CT molecular complexity index is 166. The van der Waals surface area contributed by atoms with Crippen LogP contribution in [0.1, 0.15) is 0 Å². The molecule has 3 heteroatoms. The van der Waals surface area contributed by atoms with Gasteiger partial charge in [0.2, 0.25) is 0 Å². The van der Waals surface area contributed by atoms with Crippen LogP contribution in [0.25, 0.3) is 0 Å². The second-order valence-corrected chi connectivity index (χ2v) is 6.78. The first-order valence-corrected chi connectivity index (χ1v) is 7.85. The van der Waals surface area contributed by atoms with Gasteiger partial charge >= 0.3 is 67.9 Å². The molecule has 51 valence electrons. The van der Waals surface area contributed by atoms with E-state index >= 15 is 0 Å². The molecule has 0 fully saturated rings. The molecule has 1 atom stereocenters. The summed E-state index contributed by atoms with van der Waals surface area (Å²) in [4.78, 5) is 0. The van der Waals surface area contributed by atoms with Crippen molar-refractivity contribution in [2.45, 2.75) is 0 Å². The van der Waals surface area contributed by atoms with Crippen molar-refractivity contribution in [2.24, 2.45) is 0 Å². The van der Waals surface area contributed by atoms with Crippen LogP contribution in [0.15, 0.2) is 30.3 Å². The number of rotatable bonds is 2. The predicted molar refractivity (Wildman–Crippen MR) is 40.2 cm³/mol. The van der Waals surface area contributed by atoms with E-state index in [1.54, 1.807) is 0 Å². The first-order valence-electron chi connectivity index (χ1n) is 2.45. The van der Waals surface area contributed by atoms with Crippen LogP contribution in [0.2, 0.25) is 0 Å². The van der Waals surface area contributed by atoms with E-state index in [1.165, 1.54) is 5.30 Å². The van der Waals surface area contributed by atoms with Crippen LogP contribution in [0.3, 0.4) is 0 Å². The summed E-state index contributed by atoms with van der Waals surface area (Å²) >= 11 is 0.224. The van der Waals surface area contributed by atoms with Gasteiger partial charge in [0.25, 0.3) is 0 Å². The molecule has 0 aliphatic carbocycles. The predicted octanol–water partition coefficient (Wildman–Crippen LogP) is 2.14. The summed E-state index contributed by atoms with van der Waals surface area (Å²) in [5.74, 6) is 0. The molecule has 0 saturated heterocycles. The van der Waals surface area contributed by atoms with E-state index in [4.69, 9.17) is 9.69 Å². The third-order valence-electron chi connectivity index (χ3n) is 0.902. The topological polar surface area (TPSA) is 0 Å². The molecule has 0 spiro atoms. The Morgan fingerprint density at radius 2 is 1.89 bits per heavy atom. The third-order valence-corrected chi connectivity index (χ3v) is 4.49. The van der Waals surface area contributed by atoms with Crippen LogP contribution in [0.4, 0.5) is 0 Å². The van der Waals surface area contributed by atoms with Crippen molar-refractivity contribution in [2.75, 3.05) is 0 Å². The Morgan fingerprint density at radius 1 is 1.22 bits per heavy atom. The number of hydrogen-bond donors (Lipinski definition) is 0. The second kappa shape index (κ2) is 4.39. The van der Waals surface area contributed by atoms with E-state index < -0.39 is 0 Å². The fraction of sp³-hybridized carbons (Fsp3) is 0. The van der Waals surface area contributed by atoms with Gasteiger partial charge < -0.3 is 0 Å². The molecule has 0 bridgehead atoms. The summed E-state index contributed by atoms with van der Waals surface area (Å²) in [7, 11) is 5.62. The minimum absolute atomic E-state index is 0.224. The van der Waals surface area contributed by atoms with Crippen LogP contribution in [-0.4, -0.2) is 0 Å². The van der Waals surface area contributed by atoms with Gasteiger partial charge in [0.05, 0.1) is 0 Å². The minimum atomic E-state index is 0.224.